The Labute approximate surface area is 111 Å². The van der Waals surface area contributed by atoms with Crippen molar-refractivity contribution in [1.29, 1.82) is 0 Å². The van der Waals surface area contributed by atoms with Gasteiger partial charge in [0.25, 0.3) is 5.91 Å². The van der Waals surface area contributed by atoms with Crippen molar-refractivity contribution in [3.8, 4) is 0 Å². The number of ether oxygens (including phenoxy) is 1. The summed E-state index contributed by atoms with van der Waals surface area (Å²) in [7, 11) is 0. The molecule has 104 valence electrons. The highest BCUT2D eigenvalue weighted by atomic mass is 16.5. The van der Waals surface area contributed by atoms with Crippen molar-refractivity contribution in [1.82, 2.24) is 15.6 Å². The summed E-state index contributed by atoms with van der Waals surface area (Å²) >= 11 is 0. The number of hydrogen-bond donors (Lipinski definition) is 3. The number of carbonyl (C=O) groups is 1. The van der Waals surface area contributed by atoms with Crippen LogP contribution in [0, 0.1) is 0 Å². The van der Waals surface area contributed by atoms with Crippen molar-refractivity contribution < 1.29 is 9.53 Å². The largest absolute Gasteiger partial charge is 0.376 e. The van der Waals surface area contributed by atoms with E-state index in [9.17, 15) is 9.59 Å². The molecule has 0 saturated carbocycles. The zero-order valence-electron chi connectivity index (χ0n) is 10.8. The second kappa shape index (κ2) is 7.06. The molecule has 1 saturated heterocycles. The van der Waals surface area contributed by atoms with Gasteiger partial charge in [0.15, 0.2) is 0 Å². The number of piperidine rings is 1. The number of aromatic nitrogens is 1. The Balaban J connectivity index is 1.66. The van der Waals surface area contributed by atoms with Crippen LogP contribution in [0.5, 0.6) is 0 Å². The minimum Gasteiger partial charge on any atom is -0.376 e. The molecule has 0 aromatic carbocycles. The molecule has 19 heavy (non-hydrogen) atoms. The standard InChI is InChI=1S/C13H19N3O3/c17-12-2-1-10(9-16-12)13(18)15-7-8-19-11-3-5-14-6-4-11/h1-2,9,11,14H,3-8H2,(H,15,18)(H,16,17). The van der Waals surface area contributed by atoms with Crippen LogP contribution >= 0.6 is 0 Å². The van der Waals surface area contributed by atoms with Gasteiger partial charge in [-0.3, -0.25) is 9.59 Å². The van der Waals surface area contributed by atoms with Crippen LogP contribution in [0.15, 0.2) is 23.1 Å². The minimum atomic E-state index is -0.217. The number of nitrogens with one attached hydrogen (secondary N) is 3. The van der Waals surface area contributed by atoms with Crippen LogP contribution in [0.25, 0.3) is 0 Å². The van der Waals surface area contributed by atoms with E-state index in [1.165, 1.54) is 18.3 Å². The van der Waals surface area contributed by atoms with Gasteiger partial charge in [0, 0.05) is 18.8 Å². The van der Waals surface area contributed by atoms with E-state index in [2.05, 4.69) is 15.6 Å². The summed E-state index contributed by atoms with van der Waals surface area (Å²) in [5.41, 5.74) is 0.229. The molecule has 1 fully saturated rings. The van der Waals surface area contributed by atoms with Crippen molar-refractivity contribution in [2.24, 2.45) is 0 Å². The SMILES string of the molecule is O=C(NCCOC1CCNCC1)c1ccc(=O)[nH]c1. The van der Waals surface area contributed by atoms with E-state index in [0.29, 0.717) is 24.8 Å². The van der Waals surface area contributed by atoms with E-state index in [-0.39, 0.29) is 11.5 Å². The molecular formula is C13H19N3O3. The molecule has 1 aromatic heterocycles. The van der Waals surface area contributed by atoms with Crippen molar-refractivity contribution in [2.75, 3.05) is 26.2 Å². The summed E-state index contributed by atoms with van der Waals surface area (Å²) < 4.78 is 5.68. The van der Waals surface area contributed by atoms with E-state index in [1.54, 1.807) is 0 Å². The van der Waals surface area contributed by atoms with Crippen LogP contribution in [0.4, 0.5) is 0 Å². The van der Waals surface area contributed by atoms with Crippen molar-refractivity contribution in [3.05, 3.63) is 34.2 Å². The van der Waals surface area contributed by atoms with E-state index in [4.69, 9.17) is 4.74 Å². The van der Waals surface area contributed by atoms with Gasteiger partial charge in [0.2, 0.25) is 5.56 Å². The third-order valence-corrected chi connectivity index (χ3v) is 3.07. The predicted octanol–water partition coefficient (Wildman–Crippen LogP) is -0.127. The molecule has 3 N–H and O–H groups in total. The van der Waals surface area contributed by atoms with Gasteiger partial charge in [0.1, 0.15) is 0 Å². The fourth-order valence-corrected chi connectivity index (χ4v) is 2.01. The number of H-pyrrole nitrogens is 1. The smallest absolute Gasteiger partial charge is 0.252 e. The van der Waals surface area contributed by atoms with E-state index < -0.39 is 0 Å². The minimum absolute atomic E-state index is 0.204. The number of aromatic amines is 1. The number of rotatable bonds is 5. The lowest BCUT2D eigenvalue weighted by Gasteiger charge is -2.22. The number of amides is 1. The van der Waals surface area contributed by atoms with Gasteiger partial charge in [-0.1, -0.05) is 0 Å². The second-order valence-electron chi connectivity index (χ2n) is 4.52. The Morgan fingerprint density at radius 2 is 2.16 bits per heavy atom. The molecule has 1 aliphatic heterocycles. The molecule has 6 nitrogen and oxygen atoms in total. The Hall–Kier alpha value is -1.66. The highest BCUT2D eigenvalue weighted by Gasteiger charge is 2.12. The van der Waals surface area contributed by atoms with Gasteiger partial charge >= 0.3 is 0 Å². The molecule has 2 rings (SSSR count). The molecule has 2 heterocycles. The monoisotopic (exact) mass is 265 g/mol. The van der Waals surface area contributed by atoms with Crippen LogP contribution in [-0.2, 0) is 4.74 Å². The van der Waals surface area contributed by atoms with Crippen molar-refractivity contribution in [3.63, 3.8) is 0 Å². The summed E-state index contributed by atoms with van der Waals surface area (Å²) in [5.74, 6) is -0.204. The van der Waals surface area contributed by atoms with Gasteiger partial charge in [-0.2, -0.15) is 0 Å². The summed E-state index contributed by atoms with van der Waals surface area (Å²) in [6.45, 7) is 2.98. The molecule has 0 bridgehead atoms. The Morgan fingerprint density at radius 3 is 2.84 bits per heavy atom. The van der Waals surface area contributed by atoms with Gasteiger partial charge in [-0.05, 0) is 32.0 Å². The van der Waals surface area contributed by atoms with Gasteiger partial charge in [-0.25, -0.2) is 0 Å². The molecule has 0 spiro atoms. The van der Waals surface area contributed by atoms with Gasteiger partial charge < -0.3 is 20.4 Å². The highest BCUT2D eigenvalue weighted by Crippen LogP contribution is 2.06. The van der Waals surface area contributed by atoms with Crippen molar-refractivity contribution in [2.45, 2.75) is 18.9 Å². The lowest BCUT2D eigenvalue weighted by Crippen LogP contribution is -2.34. The second-order valence-corrected chi connectivity index (χ2v) is 4.52. The number of pyridine rings is 1. The lowest BCUT2D eigenvalue weighted by atomic mass is 10.1. The molecule has 1 amide bonds. The first-order valence-corrected chi connectivity index (χ1v) is 6.55. The van der Waals surface area contributed by atoms with Gasteiger partial charge in [-0.15, -0.1) is 0 Å². The average Bonchev–Trinajstić information content (AvgIpc) is 2.45. The molecule has 1 aromatic rings. The van der Waals surface area contributed by atoms with Crippen LogP contribution < -0.4 is 16.2 Å². The van der Waals surface area contributed by atoms with Gasteiger partial charge in [0.05, 0.1) is 18.3 Å². The average molecular weight is 265 g/mol. The van der Waals surface area contributed by atoms with Crippen LogP contribution in [0.2, 0.25) is 0 Å². The first-order chi connectivity index (χ1) is 9.25. The normalized spacial score (nSPS) is 16.2. The van der Waals surface area contributed by atoms with E-state index in [1.807, 2.05) is 0 Å². The number of carbonyl (C=O) groups excluding carboxylic acids is 1. The fraction of sp³-hybridized carbons (Fsp3) is 0.538. The Kier molecular flexibility index (Phi) is 5.11. The third kappa shape index (κ3) is 4.50. The molecule has 0 unspecified atom stereocenters. The maximum atomic E-state index is 11.7. The molecule has 0 atom stereocenters. The Morgan fingerprint density at radius 1 is 1.37 bits per heavy atom. The lowest BCUT2D eigenvalue weighted by molar-refractivity contribution is 0.0343. The van der Waals surface area contributed by atoms with Crippen molar-refractivity contribution >= 4 is 5.91 Å². The van der Waals surface area contributed by atoms with Crippen LogP contribution in [-0.4, -0.2) is 43.2 Å². The number of hydrogen-bond acceptors (Lipinski definition) is 4. The molecule has 0 aliphatic carbocycles. The van der Waals surface area contributed by atoms with Crippen LogP contribution in [0.1, 0.15) is 23.2 Å². The first kappa shape index (κ1) is 13.8. The zero-order chi connectivity index (χ0) is 13.5. The Bertz CT molecular complexity index is 446. The van der Waals surface area contributed by atoms with E-state index in [0.717, 1.165) is 25.9 Å². The van der Waals surface area contributed by atoms with Crippen LogP contribution in [0.3, 0.4) is 0 Å². The zero-order valence-corrected chi connectivity index (χ0v) is 10.8. The molecule has 6 heteroatoms. The fourth-order valence-electron chi connectivity index (χ4n) is 2.01. The summed E-state index contributed by atoms with van der Waals surface area (Å²) in [6.07, 6.45) is 3.75. The first-order valence-electron chi connectivity index (χ1n) is 6.55. The summed E-state index contributed by atoms with van der Waals surface area (Å²) in [5, 5.41) is 6.03. The summed E-state index contributed by atoms with van der Waals surface area (Å²) in [4.78, 5) is 25.0. The maximum absolute atomic E-state index is 11.7. The molecule has 1 aliphatic rings. The van der Waals surface area contributed by atoms with E-state index >= 15 is 0 Å². The topological polar surface area (TPSA) is 83.2 Å². The third-order valence-electron chi connectivity index (χ3n) is 3.07. The summed E-state index contributed by atoms with van der Waals surface area (Å²) in [6, 6.07) is 2.84. The highest BCUT2D eigenvalue weighted by molar-refractivity contribution is 5.93. The predicted molar refractivity (Wildman–Crippen MR) is 71.2 cm³/mol. The molecular weight excluding hydrogens is 246 g/mol. The quantitative estimate of drug-likeness (QED) is 0.648. The molecule has 0 radical (unpaired) electrons. The maximum Gasteiger partial charge on any atom is 0.252 e.